The summed E-state index contributed by atoms with van der Waals surface area (Å²) in [6.45, 7) is 7.50. The second kappa shape index (κ2) is 3.90. The van der Waals surface area contributed by atoms with E-state index in [9.17, 15) is 4.79 Å². The molecule has 3 nitrogen and oxygen atoms in total. The molecular formula is C9H17N2O. The van der Waals surface area contributed by atoms with Crippen LogP contribution >= 0.6 is 0 Å². The second-order valence-corrected chi connectivity index (χ2v) is 3.60. The van der Waals surface area contributed by atoms with Crippen molar-refractivity contribution in [2.75, 3.05) is 33.2 Å². The summed E-state index contributed by atoms with van der Waals surface area (Å²) in [6.07, 6.45) is 0. The van der Waals surface area contributed by atoms with E-state index in [0.29, 0.717) is 0 Å². The first-order chi connectivity index (χ1) is 5.61. The third kappa shape index (κ3) is 2.21. The summed E-state index contributed by atoms with van der Waals surface area (Å²) < 4.78 is 0. The van der Waals surface area contributed by atoms with Crippen molar-refractivity contribution in [3.8, 4) is 0 Å². The summed E-state index contributed by atoms with van der Waals surface area (Å²) in [6, 6.07) is 0. The molecule has 1 rings (SSSR count). The lowest BCUT2D eigenvalue weighted by molar-refractivity contribution is -0.130. The molecule has 0 aromatic heterocycles. The molecule has 1 fully saturated rings. The van der Waals surface area contributed by atoms with E-state index >= 15 is 0 Å². The molecule has 0 saturated carbocycles. The minimum atomic E-state index is 0.211. The molecule has 69 valence electrons. The van der Waals surface area contributed by atoms with Gasteiger partial charge in [0.1, 0.15) is 0 Å². The van der Waals surface area contributed by atoms with Crippen molar-refractivity contribution < 1.29 is 4.79 Å². The number of carbonyl (C=O) groups excluding carboxylic acids is 1. The fourth-order valence-electron chi connectivity index (χ4n) is 1.33. The Hall–Kier alpha value is -0.570. The van der Waals surface area contributed by atoms with Crippen LogP contribution < -0.4 is 0 Å². The zero-order valence-corrected chi connectivity index (χ0v) is 8.13. The van der Waals surface area contributed by atoms with Gasteiger partial charge in [-0.3, -0.25) is 4.79 Å². The Kier molecular flexibility index (Phi) is 3.09. The number of amides is 1. The normalized spacial score (nSPS) is 20.2. The van der Waals surface area contributed by atoms with Gasteiger partial charge in [-0.25, -0.2) is 0 Å². The smallest absolute Gasteiger partial charge is 0.229 e. The molecule has 1 heterocycles. The third-order valence-corrected chi connectivity index (χ3v) is 2.22. The summed E-state index contributed by atoms with van der Waals surface area (Å²) in [4.78, 5) is 15.6. The fourth-order valence-corrected chi connectivity index (χ4v) is 1.33. The molecule has 0 aromatic rings. The molecule has 0 bridgehead atoms. The van der Waals surface area contributed by atoms with E-state index in [1.807, 2.05) is 18.7 Å². The number of hydrogen-bond donors (Lipinski definition) is 0. The van der Waals surface area contributed by atoms with Gasteiger partial charge in [0.15, 0.2) is 0 Å². The third-order valence-electron chi connectivity index (χ3n) is 2.22. The van der Waals surface area contributed by atoms with Crippen molar-refractivity contribution in [2.24, 2.45) is 0 Å². The van der Waals surface area contributed by atoms with Crippen LogP contribution in [0.15, 0.2) is 0 Å². The highest BCUT2D eigenvalue weighted by molar-refractivity contribution is 5.88. The predicted octanol–water partition coefficient (Wildman–Crippen LogP) is 0.375. The Balaban J connectivity index is 2.39. The highest BCUT2D eigenvalue weighted by Crippen LogP contribution is 2.06. The molecular weight excluding hydrogens is 152 g/mol. The zero-order valence-electron chi connectivity index (χ0n) is 8.13. The van der Waals surface area contributed by atoms with Gasteiger partial charge in [0, 0.05) is 26.2 Å². The molecule has 0 N–H and O–H groups in total. The number of piperazine rings is 1. The van der Waals surface area contributed by atoms with Crippen LogP contribution in [0.4, 0.5) is 0 Å². The molecule has 1 saturated heterocycles. The van der Waals surface area contributed by atoms with Crippen LogP contribution in [0.3, 0.4) is 0 Å². The van der Waals surface area contributed by atoms with E-state index in [0.717, 1.165) is 32.1 Å². The topological polar surface area (TPSA) is 23.6 Å². The molecule has 0 spiro atoms. The first-order valence-corrected chi connectivity index (χ1v) is 4.39. The number of likely N-dealkylation sites (N-methyl/N-ethyl adjacent to an activating group) is 1. The Bertz CT molecular complexity index is 160. The lowest BCUT2D eigenvalue weighted by Gasteiger charge is -2.33. The fraction of sp³-hybridized carbons (Fsp3) is 0.778. The highest BCUT2D eigenvalue weighted by Gasteiger charge is 2.20. The van der Waals surface area contributed by atoms with E-state index in [1.54, 1.807) is 0 Å². The number of rotatable bonds is 1. The lowest BCUT2D eigenvalue weighted by Crippen LogP contribution is -2.48. The second-order valence-electron chi connectivity index (χ2n) is 3.60. The van der Waals surface area contributed by atoms with Crippen LogP contribution in [-0.2, 0) is 4.79 Å². The van der Waals surface area contributed by atoms with Crippen molar-refractivity contribution in [1.82, 2.24) is 9.80 Å². The maximum absolute atomic E-state index is 11.5. The van der Waals surface area contributed by atoms with Gasteiger partial charge in [-0.2, -0.15) is 0 Å². The van der Waals surface area contributed by atoms with Gasteiger partial charge in [-0.1, -0.05) is 0 Å². The quantitative estimate of drug-likeness (QED) is 0.566. The number of hydrogen-bond acceptors (Lipinski definition) is 2. The van der Waals surface area contributed by atoms with Crippen LogP contribution in [0, 0.1) is 5.92 Å². The first kappa shape index (κ1) is 9.52. The maximum Gasteiger partial charge on any atom is 0.229 e. The summed E-state index contributed by atoms with van der Waals surface area (Å²) in [5.74, 6) is 1.10. The maximum atomic E-state index is 11.5. The van der Waals surface area contributed by atoms with E-state index in [1.165, 1.54) is 0 Å². The summed E-state index contributed by atoms with van der Waals surface area (Å²) in [5, 5.41) is 0. The molecule has 1 aliphatic rings. The molecule has 0 aliphatic carbocycles. The summed E-state index contributed by atoms with van der Waals surface area (Å²) in [5.41, 5.74) is 0. The van der Waals surface area contributed by atoms with Crippen molar-refractivity contribution in [1.29, 1.82) is 0 Å². The van der Waals surface area contributed by atoms with Gasteiger partial charge in [-0.15, -0.1) is 0 Å². The SMILES string of the molecule is C[C](C)C(=O)N1CCN(C)CC1. The Labute approximate surface area is 74.3 Å². The van der Waals surface area contributed by atoms with Crippen molar-refractivity contribution in [3.63, 3.8) is 0 Å². The van der Waals surface area contributed by atoms with E-state index in [-0.39, 0.29) is 5.91 Å². The highest BCUT2D eigenvalue weighted by atomic mass is 16.2. The van der Waals surface area contributed by atoms with Gasteiger partial charge in [0.05, 0.1) is 5.92 Å². The largest absolute Gasteiger partial charge is 0.340 e. The summed E-state index contributed by atoms with van der Waals surface area (Å²) >= 11 is 0. The first-order valence-electron chi connectivity index (χ1n) is 4.39. The zero-order chi connectivity index (χ0) is 9.14. The average molecular weight is 169 g/mol. The monoisotopic (exact) mass is 169 g/mol. The molecule has 1 radical (unpaired) electrons. The van der Waals surface area contributed by atoms with E-state index < -0.39 is 0 Å². The summed E-state index contributed by atoms with van der Waals surface area (Å²) in [7, 11) is 2.09. The Morgan fingerprint density at radius 2 is 1.58 bits per heavy atom. The van der Waals surface area contributed by atoms with Crippen molar-refractivity contribution in [2.45, 2.75) is 13.8 Å². The number of carbonyl (C=O) groups is 1. The standard InChI is InChI=1S/C9H17N2O/c1-8(2)9(12)11-6-4-10(3)5-7-11/h4-7H2,1-3H3. The molecule has 1 aliphatic heterocycles. The van der Waals surface area contributed by atoms with Crippen molar-refractivity contribution in [3.05, 3.63) is 5.92 Å². The van der Waals surface area contributed by atoms with Crippen LogP contribution in [0.1, 0.15) is 13.8 Å². The van der Waals surface area contributed by atoms with Gasteiger partial charge in [0.2, 0.25) is 5.91 Å². The molecule has 0 atom stereocenters. The molecule has 0 aromatic carbocycles. The number of nitrogens with zero attached hydrogens (tertiary/aromatic N) is 2. The molecule has 0 unspecified atom stereocenters. The van der Waals surface area contributed by atoms with Gasteiger partial charge in [0.25, 0.3) is 0 Å². The minimum Gasteiger partial charge on any atom is -0.340 e. The van der Waals surface area contributed by atoms with E-state index in [2.05, 4.69) is 11.9 Å². The molecule has 3 heteroatoms. The van der Waals surface area contributed by atoms with Gasteiger partial charge in [-0.05, 0) is 20.9 Å². The Morgan fingerprint density at radius 1 is 1.08 bits per heavy atom. The van der Waals surface area contributed by atoms with E-state index in [4.69, 9.17) is 0 Å². The predicted molar refractivity (Wildman–Crippen MR) is 48.7 cm³/mol. The lowest BCUT2D eigenvalue weighted by atomic mass is 10.2. The van der Waals surface area contributed by atoms with Gasteiger partial charge >= 0.3 is 0 Å². The van der Waals surface area contributed by atoms with Gasteiger partial charge < -0.3 is 9.80 Å². The average Bonchev–Trinajstić information content (AvgIpc) is 2.04. The molecule has 1 amide bonds. The minimum absolute atomic E-state index is 0.211. The Morgan fingerprint density at radius 3 is 2.00 bits per heavy atom. The van der Waals surface area contributed by atoms with Crippen LogP contribution in [-0.4, -0.2) is 48.9 Å². The van der Waals surface area contributed by atoms with Crippen LogP contribution in [0.5, 0.6) is 0 Å². The van der Waals surface area contributed by atoms with Crippen LogP contribution in [0.25, 0.3) is 0 Å². The van der Waals surface area contributed by atoms with Crippen LogP contribution in [0.2, 0.25) is 0 Å². The van der Waals surface area contributed by atoms with Crippen molar-refractivity contribution >= 4 is 5.91 Å². The molecule has 12 heavy (non-hydrogen) atoms.